The van der Waals surface area contributed by atoms with Gasteiger partial charge in [0.2, 0.25) is 5.95 Å². The Morgan fingerprint density at radius 1 is 1.31 bits per heavy atom. The van der Waals surface area contributed by atoms with Gasteiger partial charge in [-0.25, -0.2) is 14.4 Å². The molecule has 0 amide bonds. The Hall–Kier alpha value is -1.98. The van der Waals surface area contributed by atoms with E-state index in [1.165, 1.54) is 0 Å². The van der Waals surface area contributed by atoms with Crippen molar-refractivity contribution in [2.24, 2.45) is 0 Å². The number of aryl methyl sites for hydroxylation is 1. The van der Waals surface area contributed by atoms with Crippen LogP contribution in [-0.2, 0) is 6.54 Å². The van der Waals surface area contributed by atoms with Crippen LogP contribution in [0.4, 0.5) is 10.3 Å². The van der Waals surface area contributed by atoms with Crippen molar-refractivity contribution < 1.29 is 4.39 Å². The van der Waals surface area contributed by atoms with Crippen LogP contribution >= 0.6 is 0 Å². The second-order valence-electron chi connectivity index (χ2n) is 3.27. The van der Waals surface area contributed by atoms with Gasteiger partial charge in [0.1, 0.15) is 0 Å². The van der Waals surface area contributed by atoms with Crippen LogP contribution in [0.5, 0.6) is 0 Å². The minimum atomic E-state index is -0.429. The Morgan fingerprint density at radius 2 is 2.12 bits per heavy atom. The molecule has 16 heavy (non-hydrogen) atoms. The number of nitrogens with zero attached hydrogens (tertiary/aromatic N) is 4. The van der Waals surface area contributed by atoms with Gasteiger partial charge in [-0.2, -0.15) is 5.10 Å². The molecule has 0 unspecified atom stereocenters. The van der Waals surface area contributed by atoms with Gasteiger partial charge in [-0.15, -0.1) is 0 Å². The van der Waals surface area contributed by atoms with Crippen molar-refractivity contribution in [3.05, 3.63) is 36.7 Å². The van der Waals surface area contributed by atoms with Crippen LogP contribution in [0.1, 0.15) is 6.42 Å². The fourth-order valence-electron chi connectivity index (χ4n) is 1.28. The standard InChI is InChI=1S/C10H12FN5/c11-9-7-13-10(14-8-9)12-3-1-5-16-6-2-4-15-16/h2,4,6-8H,1,3,5H2,(H,12,13,14). The number of nitrogens with one attached hydrogen (secondary N) is 1. The molecule has 0 atom stereocenters. The summed E-state index contributed by atoms with van der Waals surface area (Å²) in [6, 6.07) is 1.89. The molecule has 0 fully saturated rings. The van der Waals surface area contributed by atoms with Crippen LogP contribution in [0.3, 0.4) is 0 Å². The lowest BCUT2D eigenvalue weighted by Gasteiger charge is -2.04. The Kier molecular flexibility index (Phi) is 3.42. The third-order valence-electron chi connectivity index (χ3n) is 2.03. The van der Waals surface area contributed by atoms with Gasteiger partial charge in [0, 0.05) is 25.5 Å². The summed E-state index contributed by atoms with van der Waals surface area (Å²) < 4.78 is 14.4. The molecule has 1 N–H and O–H groups in total. The molecule has 6 heteroatoms. The maximum absolute atomic E-state index is 12.5. The molecule has 0 aliphatic carbocycles. The molecule has 2 rings (SSSR count). The van der Waals surface area contributed by atoms with Crippen LogP contribution in [-0.4, -0.2) is 26.3 Å². The highest BCUT2D eigenvalue weighted by Gasteiger charge is 1.96. The van der Waals surface area contributed by atoms with Crippen molar-refractivity contribution in [1.82, 2.24) is 19.7 Å². The van der Waals surface area contributed by atoms with E-state index in [4.69, 9.17) is 0 Å². The Bertz CT molecular complexity index is 411. The van der Waals surface area contributed by atoms with Crippen molar-refractivity contribution in [3.8, 4) is 0 Å². The SMILES string of the molecule is Fc1cnc(NCCCn2cccn2)nc1. The highest BCUT2D eigenvalue weighted by atomic mass is 19.1. The minimum Gasteiger partial charge on any atom is -0.354 e. The van der Waals surface area contributed by atoms with Gasteiger partial charge in [-0.1, -0.05) is 0 Å². The molecule has 0 aromatic carbocycles. The van der Waals surface area contributed by atoms with Crippen molar-refractivity contribution in [2.75, 3.05) is 11.9 Å². The first kappa shape index (κ1) is 10.5. The molecule has 0 radical (unpaired) electrons. The second-order valence-corrected chi connectivity index (χ2v) is 3.27. The lowest BCUT2D eigenvalue weighted by molar-refractivity contribution is 0.589. The smallest absolute Gasteiger partial charge is 0.222 e. The number of rotatable bonds is 5. The second kappa shape index (κ2) is 5.20. The van der Waals surface area contributed by atoms with Crippen molar-refractivity contribution in [1.29, 1.82) is 0 Å². The van der Waals surface area contributed by atoms with E-state index in [0.29, 0.717) is 5.95 Å². The predicted octanol–water partition coefficient (Wildman–Crippen LogP) is 1.31. The van der Waals surface area contributed by atoms with Crippen LogP contribution in [0.2, 0.25) is 0 Å². The number of aromatic nitrogens is 4. The zero-order valence-corrected chi connectivity index (χ0v) is 8.67. The summed E-state index contributed by atoms with van der Waals surface area (Å²) in [5, 5.41) is 7.08. The first-order valence-electron chi connectivity index (χ1n) is 5.03. The Labute approximate surface area is 92.3 Å². The third-order valence-corrected chi connectivity index (χ3v) is 2.03. The van der Waals surface area contributed by atoms with Gasteiger partial charge >= 0.3 is 0 Å². The van der Waals surface area contributed by atoms with E-state index in [1.54, 1.807) is 6.20 Å². The van der Waals surface area contributed by atoms with E-state index >= 15 is 0 Å². The van der Waals surface area contributed by atoms with E-state index in [-0.39, 0.29) is 0 Å². The maximum atomic E-state index is 12.5. The maximum Gasteiger partial charge on any atom is 0.222 e. The summed E-state index contributed by atoms with van der Waals surface area (Å²) in [7, 11) is 0. The van der Waals surface area contributed by atoms with Gasteiger partial charge in [-0.05, 0) is 12.5 Å². The molecule has 2 heterocycles. The highest BCUT2D eigenvalue weighted by molar-refractivity contribution is 5.21. The predicted molar refractivity (Wildman–Crippen MR) is 57.3 cm³/mol. The van der Waals surface area contributed by atoms with Crippen LogP contribution in [0, 0.1) is 5.82 Å². The van der Waals surface area contributed by atoms with Crippen LogP contribution in [0.15, 0.2) is 30.9 Å². The molecular formula is C10H12FN5. The molecule has 0 bridgehead atoms. The van der Waals surface area contributed by atoms with Crippen LogP contribution < -0.4 is 5.32 Å². The van der Waals surface area contributed by atoms with E-state index in [1.807, 2.05) is 16.9 Å². The summed E-state index contributed by atoms with van der Waals surface area (Å²) >= 11 is 0. The van der Waals surface area contributed by atoms with E-state index in [0.717, 1.165) is 31.9 Å². The summed E-state index contributed by atoms with van der Waals surface area (Å²) in [4.78, 5) is 7.59. The summed E-state index contributed by atoms with van der Waals surface area (Å²) in [6.45, 7) is 1.56. The topological polar surface area (TPSA) is 55.6 Å². The normalized spacial score (nSPS) is 10.3. The average Bonchev–Trinajstić information content (AvgIpc) is 2.80. The van der Waals surface area contributed by atoms with Crippen molar-refractivity contribution >= 4 is 5.95 Å². The van der Waals surface area contributed by atoms with E-state index < -0.39 is 5.82 Å². The number of hydrogen-bond donors (Lipinski definition) is 1. The van der Waals surface area contributed by atoms with Crippen molar-refractivity contribution in [3.63, 3.8) is 0 Å². The van der Waals surface area contributed by atoms with Crippen LogP contribution in [0.25, 0.3) is 0 Å². The largest absolute Gasteiger partial charge is 0.354 e. The van der Waals surface area contributed by atoms with E-state index in [9.17, 15) is 4.39 Å². The van der Waals surface area contributed by atoms with Gasteiger partial charge < -0.3 is 5.32 Å². The van der Waals surface area contributed by atoms with Gasteiger partial charge in [0.05, 0.1) is 12.4 Å². The summed E-state index contributed by atoms with van der Waals surface area (Å²) in [5.74, 6) is 0.0176. The summed E-state index contributed by atoms with van der Waals surface area (Å²) in [5.41, 5.74) is 0. The minimum absolute atomic E-state index is 0.429. The molecule has 5 nitrogen and oxygen atoms in total. The zero-order valence-electron chi connectivity index (χ0n) is 8.67. The first-order valence-corrected chi connectivity index (χ1v) is 5.03. The quantitative estimate of drug-likeness (QED) is 0.773. The lowest BCUT2D eigenvalue weighted by atomic mass is 10.4. The van der Waals surface area contributed by atoms with Gasteiger partial charge in [-0.3, -0.25) is 4.68 Å². The molecule has 84 valence electrons. The Balaban J connectivity index is 1.70. The zero-order chi connectivity index (χ0) is 11.2. The monoisotopic (exact) mass is 221 g/mol. The molecule has 0 saturated carbocycles. The summed E-state index contributed by atoms with van der Waals surface area (Å²) in [6.07, 6.45) is 6.85. The first-order chi connectivity index (χ1) is 7.84. The fourth-order valence-corrected chi connectivity index (χ4v) is 1.28. The molecule has 2 aromatic rings. The van der Waals surface area contributed by atoms with Crippen molar-refractivity contribution in [2.45, 2.75) is 13.0 Å². The molecule has 0 aliphatic rings. The average molecular weight is 221 g/mol. The van der Waals surface area contributed by atoms with Gasteiger partial charge in [0.15, 0.2) is 5.82 Å². The molecular weight excluding hydrogens is 209 g/mol. The molecule has 2 aromatic heterocycles. The fraction of sp³-hybridized carbons (Fsp3) is 0.300. The molecule has 0 aliphatic heterocycles. The highest BCUT2D eigenvalue weighted by Crippen LogP contribution is 1.98. The lowest BCUT2D eigenvalue weighted by Crippen LogP contribution is -2.09. The van der Waals surface area contributed by atoms with Gasteiger partial charge in [0.25, 0.3) is 0 Å². The number of hydrogen-bond acceptors (Lipinski definition) is 4. The molecule has 0 saturated heterocycles. The van der Waals surface area contributed by atoms with E-state index in [2.05, 4.69) is 20.4 Å². The number of halogens is 1. The molecule has 0 spiro atoms. The Morgan fingerprint density at radius 3 is 2.81 bits per heavy atom. The third kappa shape index (κ3) is 3.01. The number of anilines is 1.